The van der Waals surface area contributed by atoms with Crippen LogP contribution >= 0.6 is 0 Å². The molecule has 8 heteroatoms. The lowest BCUT2D eigenvalue weighted by Gasteiger charge is -2.08. The molecule has 0 heterocycles. The molecule has 2 aromatic carbocycles. The Kier molecular flexibility index (Phi) is 4.22. The molecule has 0 aliphatic carbocycles. The first-order chi connectivity index (χ1) is 10.3. The van der Waals surface area contributed by atoms with Crippen molar-refractivity contribution in [2.45, 2.75) is 11.8 Å². The number of ketones is 1. The van der Waals surface area contributed by atoms with Gasteiger partial charge in [-0.05, 0) is 37.3 Å². The Morgan fingerprint density at radius 1 is 1.14 bits per heavy atom. The normalized spacial score (nSPS) is 11.0. The summed E-state index contributed by atoms with van der Waals surface area (Å²) in [5, 5.41) is 10.7. The molecule has 0 fully saturated rings. The van der Waals surface area contributed by atoms with Crippen molar-refractivity contribution >= 4 is 27.2 Å². The number of benzene rings is 2. The molecule has 0 saturated heterocycles. The molecule has 2 rings (SSSR count). The second-order valence-corrected chi connectivity index (χ2v) is 6.18. The Morgan fingerprint density at radius 3 is 2.32 bits per heavy atom. The Hall–Kier alpha value is -2.74. The second-order valence-electron chi connectivity index (χ2n) is 4.49. The molecule has 0 aliphatic rings. The molecule has 1 N–H and O–H groups in total. The number of nitro groups is 1. The van der Waals surface area contributed by atoms with Crippen LogP contribution in [-0.2, 0) is 10.0 Å². The molecule has 0 spiro atoms. The number of nitro benzene ring substituents is 1. The number of hydrogen-bond acceptors (Lipinski definition) is 5. The SMILES string of the molecule is CC(=O)c1ccc(NS(=O)(=O)c2cccc([N+](=O)[O-])c2)cc1. The zero-order valence-electron chi connectivity index (χ0n) is 11.5. The van der Waals surface area contributed by atoms with E-state index in [9.17, 15) is 23.3 Å². The van der Waals surface area contributed by atoms with Crippen LogP contribution in [0.15, 0.2) is 53.4 Å². The van der Waals surface area contributed by atoms with Crippen LogP contribution in [0.3, 0.4) is 0 Å². The van der Waals surface area contributed by atoms with E-state index in [1.54, 1.807) is 0 Å². The zero-order valence-corrected chi connectivity index (χ0v) is 12.3. The molecular formula is C14H12N2O5S. The number of hydrogen-bond donors (Lipinski definition) is 1. The molecule has 0 bridgehead atoms. The van der Waals surface area contributed by atoms with Crippen LogP contribution in [0, 0.1) is 10.1 Å². The number of carbonyl (C=O) groups is 1. The lowest BCUT2D eigenvalue weighted by molar-refractivity contribution is -0.385. The van der Waals surface area contributed by atoms with E-state index in [4.69, 9.17) is 0 Å². The maximum absolute atomic E-state index is 12.2. The fourth-order valence-electron chi connectivity index (χ4n) is 1.75. The van der Waals surface area contributed by atoms with Gasteiger partial charge in [0.25, 0.3) is 15.7 Å². The summed E-state index contributed by atoms with van der Waals surface area (Å²) in [6, 6.07) is 10.6. The summed E-state index contributed by atoms with van der Waals surface area (Å²) < 4.78 is 26.7. The number of sulfonamides is 1. The molecule has 22 heavy (non-hydrogen) atoms. The Bertz CT molecular complexity index is 829. The van der Waals surface area contributed by atoms with Crippen LogP contribution in [0.5, 0.6) is 0 Å². The van der Waals surface area contributed by atoms with Crippen molar-refractivity contribution in [2.75, 3.05) is 4.72 Å². The largest absolute Gasteiger partial charge is 0.295 e. The first-order valence-corrected chi connectivity index (χ1v) is 7.66. The third-order valence-electron chi connectivity index (χ3n) is 2.88. The van der Waals surface area contributed by atoms with Gasteiger partial charge < -0.3 is 0 Å². The van der Waals surface area contributed by atoms with E-state index in [0.717, 1.165) is 6.07 Å². The number of non-ortho nitro benzene ring substituents is 1. The van der Waals surface area contributed by atoms with E-state index in [1.165, 1.54) is 49.4 Å². The monoisotopic (exact) mass is 320 g/mol. The third-order valence-corrected chi connectivity index (χ3v) is 4.26. The summed E-state index contributed by atoms with van der Waals surface area (Å²) in [4.78, 5) is 21.0. The maximum Gasteiger partial charge on any atom is 0.270 e. The molecular weight excluding hydrogens is 308 g/mol. The summed E-state index contributed by atoms with van der Waals surface area (Å²) in [6.45, 7) is 1.41. The number of Topliss-reactive ketones (excluding diaryl/α,β-unsaturated/α-hetero) is 1. The Balaban J connectivity index is 2.29. The summed E-state index contributed by atoms with van der Waals surface area (Å²) in [5.41, 5.74) is 0.407. The first-order valence-electron chi connectivity index (χ1n) is 6.18. The van der Waals surface area contributed by atoms with Crippen molar-refractivity contribution in [2.24, 2.45) is 0 Å². The minimum absolute atomic E-state index is 0.131. The van der Waals surface area contributed by atoms with Crippen molar-refractivity contribution < 1.29 is 18.1 Å². The average molecular weight is 320 g/mol. The summed E-state index contributed by atoms with van der Waals surface area (Å²) in [7, 11) is -3.94. The predicted molar refractivity (Wildman–Crippen MR) is 80.4 cm³/mol. The topological polar surface area (TPSA) is 106 Å². The van der Waals surface area contributed by atoms with Crippen LogP contribution in [0.4, 0.5) is 11.4 Å². The fraction of sp³-hybridized carbons (Fsp3) is 0.0714. The molecule has 114 valence electrons. The van der Waals surface area contributed by atoms with Gasteiger partial charge in [0.05, 0.1) is 9.82 Å². The van der Waals surface area contributed by atoms with E-state index in [0.29, 0.717) is 5.56 Å². The van der Waals surface area contributed by atoms with E-state index < -0.39 is 14.9 Å². The van der Waals surface area contributed by atoms with Crippen LogP contribution in [0.1, 0.15) is 17.3 Å². The van der Waals surface area contributed by atoms with Gasteiger partial charge in [0.15, 0.2) is 5.78 Å². The van der Waals surface area contributed by atoms with Gasteiger partial charge in [-0.1, -0.05) is 6.07 Å². The molecule has 0 aromatic heterocycles. The van der Waals surface area contributed by atoms with Gasteiger partial charge in [0.1, 0.15) is 0 Å². The highest BCUT2D eigenvalue weighted by Gasteiger charge is 2.17. The van der Waals surface area contributed by atoms with Crippen molar-refractivity contribution in [3.8, 4) is 0 Å². The molecule has 0 atom stereocenters. The van der Waals surface area contributed by atoms with Gasteiger partial charge in [0, 0.05) is 23.4 Å². The number of rotatable bonds is 5. The van der Waals surface area contributed by atoms with Crippen molar-refractivity contribution in [1.29, 1.82) is 0 Å². The van der Waals surface area contributed by atoms with Gasteiger partial charge in [-0.3, -0.25) is 19.6 Å². The van der Waals surface area contributed by atoms with E-state index in [-0.39, 0.29) is 22.1 Å². The number of anilines is 1. The van der Waals surface area contributed by atoms with Crippen LogP contribution in [0.25, 0.3) is 0 Å². The van der Waals surface area contributed by atoms with Gasteiger partial charge in [-0.15, -0.1) is 0 Å². The minimum atomic E-state index is -3.94. The van der Waals surface area contributed by atoms with Crippen molar-refractivity contribution in [1.82, 2.24) is 0 Å². The van der Waals surface area contributed by atoms with Gasteiger partial charge >= 0.3 is 0 Å². The standard InChI is InChI=1S/C14H12N2O5S/c1-10(17)11-5-7-12(8-6-11)15-22(20,21)14-4-2-3-13(9-14)16(18)19/h2-9,15H,1H3. The van der Waals surface area contributed by atoms with Gasteiger partial charge in [-0.25, -0.2) is 8.42 Å². The number of nitrogens with one attached hydrogen (secondary N) is 1. The lowest BCUT2D eigenvalue weighted by atomic mass is 10.1. The molecule has 7 nitrogen and oxygen atoms in total. The molecule has 2 aromatic rings. The Morgan fingerprint density at radius 2 is 1.77 bits per heavy atom. The summed E-state index contributed by atoms with van der Waals surface area (Å²) in [5.74, 6) is -0.131. The first kappa shape index (κ1) is 15.6. The number of nitrogens with zero attached hydrogens (tertiary/aromatic N) is 1. The number of carbonyl (C=O) groups excluding carboxylic acids is 1. The van der Waals surface area contributed by atoms with Gasteiger partial charge in [0.2, 0.25) is 0 Å². The lowest BCUT2D eigenvalue weighted by Crippen LogP contribution is -2.13. The van der Waals surface area contributed by atoms with Gasteiger partial charge in [-0.2, -0.15) is 0 Å². The van der Waals surface area contributed by atoms with Crippen LogP contribution in [-0.4, -0.2) is 19.1 Å². The van der Waals surface area contributed by atoms with Crippen LogP contribution < -0.4 is 4.72 Å². The highest BCUT2D eigenvalue weighted by Crippen LogP contribution is 2.20. The molecule has 0 saturated carbocycles. The van der Waals surface area contributed by atoms with Crippen molar-refractivity contribution in [3.05, 3.63) is 64.2 Å². The highest BCUT2D eigenvalue weighted by atomic mass is 32.2. The Labute approximate surface area is 126 Å². The van der Waals surface area contributed by atoms with Crippen molar-refractivity contribution in [3.63, 3.8) is 0 Å². The minimum Gasteiger partial charge on any atom is -0.295 e. The third kappa shape index (κ3) is 3.47. The predicted octanol–water partition coefficient (Wildman–Crippen LogP) is 2.60. The quantitative estimate of drug-likeness (QED) is 0.517. The molecule has 0 radical (unpaired) electrons. The highest BCUT2D eigenvalue weighted by molar-refractivity contribution is 7.92. The average Bonchev–Trinajstić information content (AvgIpc) is 2.47. The van der Waals surface area contributed by atoms with E-state index >= 15 is 0 Å². The smallest absolute Gasteiger partial charge is 0.270 e. The summed E-state index contributed by atoms with van der Waals surface area (Å²) >= 11 is 0. The molecule has 0 aliphatic heterocycles. The second kappa shape index (κ2) is 5.94. The van der Waals surface area contributed by atoms with Crippen LogP contribution in [0.2, 0.25) is 0 Å². The maximum atomic E-state index is 12.2. The van der Waals surface area contributed by atoms with E-state index in [1.807, 2.05) is 0 Å². The summed E-state index contributed by atoms with van der Waals surface area (Å²) in [6.07, 6.45) is 0. The molecule has 0 unspecified atom stereocenters. The fourth-order valence-corrected chi connectivity index (χ4v) is 2.85. The molecule has 0 amide bonds. The zero-order chi connectivity index (χ0) is 16.3. The van der Waals surface area contributed by atoms with E-state index in [2.05, 4.69) is 4.72 Å².